The van der Waals surface area contributed by atoms with Crippen LogP contribution >= 0.6 is 0 Å². The van der Waals surface area contributed by atoms with Gasteiger partial charge in [0.1, 0.15) is 0 Å². The largest absolute Gasteiger partial charge is 0.316 e. The minimum Gasteiger partial charge on any atom is -0.316 e. The molecule has 0 unspecified atom stereocenters. The van der Waals surface area contributed by atoms with Crippen molar-refractivity contribution in [2.75, 3.05) is 26.2 Å². The summed E-state index contributed by atoms with van der Waals surface area (Å²) in [6.07, 6.45) is 13.0. The third-order valence-electron chi connectivity index (χ3n) is 5.79. The number of nitrogens with one attached hydrogen (secondary N) is 1. The Labute approximate surface area is 133 Å². The summed E-state index contributed by atoms with van der Waals surface area (Å²) < 4.78 is 0. The molecule has 2 saturated carbocycles. The van der Waals surface area contributed by atoms with Gasteiger partial charge in [0.2, 0.25) is 0 Å². The van der Waals surface area contributed by atoms with Gasteiger partial charge in [0.05, 0.1) is 0 Å². The molecule has 0 aromatic heterocycles. The van der Waals surface area contributed by atoms with Crippen LogP contribution in [0.3, 0.4) is 0 Å². The molecular weight excluding hydrogens is 256 g/mol. The van der Waals surface area contributed by atoms with Crippen molar-refractivity contribution in [1.29, 1.82) is 0 Å². The second kappa shape index (κ2) is 8.53. The second-order valence-electron chi connectivity index (χ2n) is 8.08. The predicted octanol–water partition coefficient (Wildman–Crippen LogP) is 4.45. The lowest BCUT2D eigenvalue weighted by molar-refractivity contribution is 0.105. The Morgan fingerprint density at radius 3 is 2.33 bits per heavy atom. The van der Waals surface area contributed by atoms with Crippen molar-refractivity contribution in [3.8, 4) is 0 Å². The van der Waals surface area contributed by atoms with Crippen LogP contribution in [0.2, 0.25) is 0 Å². The third kappa shape index (κ3) is 5.25. The van der Waals surface area contributed by atoms with Gasteiger partial charge in [0.25, 0.3) is 0 Å². The van der Waals surface area contributed by atoms with Gasteiger partial charge in [-0.2, -0.15) is 0 Å². The number of hydrogen-bond donors (Lipinski definition) is 1. The minimum atomic E-state index is 0.579. The molecule has 2 fully saturated rings. The van der Waals surface area contributed by atoms with E-state index in [-0.39, 0.29) is 0 Å². The Morgan fingerprint density at radius 2 is 1.76 bits per heavy atom. The lowest BCUT2D eigenvalue weighted by Gasteiger charge is -2.39. The van der Waals surface area contributed by atoms with Crippen LogP contribution in [0, 0.1) is 11.3 Å². The zero-order valence-electron chi connectivity index (χ0n) is 14.8. The van der Waals surface area contributed by atoms with Crippen molar-refractivity contribution in [1.82, 2.24) is 10.2 Å². The fraction of sp³-hybridized carbons (Fsp3) is 1.00. The number of hydrogen-bond acceptors (Lipinski definition) is 2. The molecule has 0 aliphatic heterocycles. The van der Waals surface area contributed by atoms with Gasteiger partial charge in [-0.15, -0.1) is 0 Å². The number of rotatable bonds is 9. The molecule has 0 heterocycles. The standard InChI is InChI=1S/C19H38N2/c1-4-20-15-19(12-7-8-13-19)16-21(14-11-17(2)3)18-9-5-6-10-18/h17-18,20H,4-16H2,1-3H3. The zero-order chi connectivity index (χ0) is 15.1. The first-order valence-electron chi connectivity index (χ1n) is 9.60. The van der Waals surface area contributed by atoms with Gasteiger partial charge in [0.15, 0.2) is 0 Å². The van der Waals surface area contributed by atoms with Crippen LogP contribution < -0.4 is 5.32 Å². The summed E-state index contributed by atoms with van der Waals surface area (Å²) in [5.74, 6) is 0.835. The molecule has 2 rings (SSSR count). The molecule has 0 atom stereocenters. The van der Waals surface area contributed by atoms with Crippen LogP contribution in [0.5, 0.6) is 0 Å². The molecule has 0 spiro atoms. The zero-order valence-corrected chi connectivity index (χ0v) is 14.8. The van der Waals surface area contributed by atoms with E-state index in [2.05, 4.69) is 31.0 Å². The number of nitrogens with zero attached hydrogens (tertiary/aromatic N) is 1. The van der Waals surface area contributed by atoms with Crippen LogP contribution in [0.25, 0.3) is 0 Å². The monoisotopic (exact) mass is 294 g/mol. The average molecular weight is 295 g/mol. The molecule has 0 radical (unpaired) electrons. The normalized spacial score (nSPS) is 22.7. The maximum absolute atomic E-state index is 3.67. The van der Waals surface area contributed by atoms with E-state index in [1.54, 1.807) is 0 Å². The van der Waals surface area contributed by atoms with Crippen LogP contribution in [0.1, 0.15) is 78.6 Å². The van der Waals surface area contributed by atoms with Crippen molar-refractivity contribution in [2.24, 2.45) is 11.3 Å². The highest BCUT2D eigenvalue weighted by atomic mass is 15.2. The SMILES string of the molecule is CCNCC1(CN(CCC(C)C)C2CCCC2)CCCC1. The van der Waals surface area contributed by atoms with Crippen LogP contribution in [-0.2, 0) is 0 Å². The Morgan fingerprint density at radius 1 is 1.10 bits per heavy atom. The highest BCUT2D eigenvalue weighted by Gasteiger charge is 2.37. The van der Waals surface area contributed by atoms with Crippen LogP contribution in [-0.4, -0.2) is 37.1 Å². The fourth-order valence-electron chi connectivity index (χ4n) is 4.42. The molecule has 124 valence electrons. The first-order chi connectivity index (χ1) is 10.2. The Hall–Kier alpha value is -0.0800. The summed E-state index contributed by atoms with van der Waals surface area (Å²) >= 11 is 0. The van der Waals surface area contributed by atoms with Crippen molar-refractivity contribution in [3.63, 3.8) is 0 Å². The quantitative estimate of drug-likeness (QED) is 0.676. The molecule has 0 aromatic rings. The summed E-state index contributed by atoms with van der Waals surface area (Å²) in [6, 6.07) is 0.892. The first-order valence-corrected chi connectivity index (χ1v) is 9.60. The van der Waals surface area contributed by atoms with Gasteiger partial charge in [-0.3, -0.25) is 4.90 Å². The van der Waals surface area contributed by atoms with Crippen molar-refractivity contribution >= 4 is 0 Å². The molecule has 0 aromatic carbocycles. The van der Waals surface area contributed by atoms with Gasteiger partial charge in [-0.25, -0.2) is 0 Å². The lowest BCUT2D eigenvalue weighted by atomic mass is 9.84. The minimum absolute atomic E-state index is 0.579. The highest BCUT2D eigenvalue weighted by Crippen LogP contribution is 2.40. The Bertz CT molecular complexity index is 275. The fourth-order valence-corrected chi connectivity index (χ4v) is 4.42. The molecule has 2 heteroatoms. The maximum atomic E-state index is 3.67. The summed E-state index contributed by atoms with van der Waals surface area (Å²) in [4.78, 5) is 2.90. The molecule has 0 saturated heterocycles. The van der Waals surface area contributed by atoms with E-state index in [1.165, 1.54) is 77.4 Å². The Kier molecular flexibility index (Phi) is 7.01. The lowest BCUT2D eigenvalue weighted by Crippen LogP contribution is -2.46. The molecule has 2 nitrogen and oxygen atoms in total. The molecular formula is C19H38N2. The predicted molar refractivity (Wildman–Crippen MR) is 92.7 cm³/mol. The van der Waals surface area contributed by atoms with Crippen molar-refractivity contribution in [3.05, 3.63) is 0 Å². The van der Waals surface area contributed by atoms with E-state index in [4.69, 9.17) is 0 Å². The topological polar surface area (TPSA) is 15.3 Å². The molecule has 1 N–H and O–H groups in total. The average Bonchev–Trinajstić information content (AvgIpc) is 3.13. The van der Waals surface area contributed by atoms with E-state index in [9.17, 15) is 0 Å². The summed E-state index contributed by atoms with van der Waals surface area (Å²) in [6.45, 7) is 12.0. The van der Waals surface area contributed by atoms with Gasteiger partial charge in [-0.05, 0) is 56.5 Å². The van der Waals surface area contributed by atoms with Crippen LogP contribution in [0.4, 0.5) is 0 Å². The molecule has 0 bridgehead atoms. The van der Waals surface area contributed by atoms with E-state index in [0.717, 1.165) is 18.5 Å². The van der Waals surface area contributed by atoms with Gasteiger partial charge in [-0.1, -0.05) is 46.5 Å². The van der Waals surface area contributed by atoms with E-state index in [1.807, 2.05) is 0 Å². The van der Waals surface area contributed by atoms with Gasteiger partial charge < -0.3 is 5.32 Å². The van der Waals surface area contributed by atoms with E-state index >= 15 is 0 Å². The highest BCUT2D eigenvalue weighted by molar-refractivity contribution is 4.91. The van der Waals surface area contributed by atoms with Crippen LogP contribution in [0.15, 0.2) is 0 Å². The Balaban J connectivity index is 1.96. The molecule has 2 aliphatic rings. The third-order valence-corrected chi connectivity index (χ3v) is 5.79. The molecule has 0 amide bonds. The van der Waals surface area contributed by atoms with E-state index in [0.29, 0.717) is 5.41 Å². The molecule has 21 heavy (non-hydrogen) atoms. The van der Waals surface area contributed by atoms with Gasteiger partial charge in [0, 0.05) is 19.1 Å². The second-order valence-corrected chi connectivity index (χ2v) is 8.08. The van der Waals surface area contributed by atoms with E-state index < -0.39 is 0 Å². The van der Waals surface area contributed by atoms with Crippen molar-refractivity contribution in [2.45, 2.75) is 84.6 Å². The summed E-state index contributed by atoms with van der Waals surface area (Å²) in [5, 5.41) is 3.67. The van der Waals surface area contributed by atoms with Crippen molar-refractivity contribution < 1.29 is 0 Å². The molecule has 2 aliphatic carbocycles. The summed E-state index contributed by atoms with van der Waals surface area (Å²) in [5.41, 5.74) is 0.579. The maximum Gasteiger partial charge on any atom is 0.00955 e. The smallest absolute Gasteiger partial charge is 0.00955 e. The first kappa shape index (κ1) is 17.3. The van der Waals surface area contributed by atoms with Gasteiger partial charge >= 0.3 is 0 Å². The summed E-state index contributed by atoms with van der Waals surface area (Å²) in [7, 11) is 0.